The van der Waals surface area contributed by atoms with E-state index in [1.807, 2.05) is 12.3 Å². The molecular weight excluding hydrogens is 363 g/mol. The maximum atomic E-state index is 4.74. The van der Waals surface area contributed by atoms with Crippen molar-refractivity contribution >= 4 is 28.4 Å². The van der Waals surface area contributed by atoms with Crippen LogP contribution in [0.4, 0.5) is 5.82 Å². The lowest BCUT2D eigenvalue weighted by molar-refractivity contribution is 0.866. The molecule has 0 aromatic carbocycles. The second kappa shape index (κ2) is 6.97. The monoisotopic (exact) mass is 382 g/mol. The molecule has 2 heterocycles. The van der Waals surface area contributed by atoms with Crippen molar-refractivity contribution in [1.29, 1.82) is 0 Å². The molecule has 106 valence electrons. The summed E-state index contributed by atoms with van der Waals surface area (Å²) in [4.78, 5) is 13.6. The molecule has 0 fully saturated rings. The Morgan fingerprint density at radius 3 is 2.70 bits per heavy atom. The smallest absolute Gasteiger partial charge is 0.163 e. The summed E-state index contributed by atoms with van der Waals surface area (Å²) in [6, 6.07) is 1.99. The van der Waals surface area contributed by atoms with Crippen molar-refractivity contribution in [2.75, 3.05) is 11.9 Å². The van der Waals surface area contributed by atoms with Crippen LogP contribution >= 0.6 is 22.6 Å². The van der Waals surface area contributed by atoms with Crippen LogP contribution in [0.15, 0.2) is 18.5 Å². The first kappa shape index (κ1) is 15.2. The van der Waals surface area contributed by atoms with Gasteiger partial charge in [0.1, 0.15) is 5.82 Å². The van der Waals surface area contributed by atoms with Gasteiger partial charge in [0.25, 0.3) is 0 Å². The zero-order chi connectivity index (χ0) is 14.5. The van der Waals surface area contributed by atoms with E-state index < -0.39 is 0 Å². The first-order valence-corrected chi connectivity index (χ1v) is 7.96. The van der Waals surface area contributed by atoms with E-state index in [2.05, 4.69) is 58.6 Å². The van der Waals surface area contributed by atoms with E-state index in [0.29, 0.717) is 0 Å². The number of halogens is 1. The quantitative estimate of drug-likeness (QED) is 0.799. The first-order chi connectivity index (χ1) is 9.67. The van der Waals surface area contributed by atoms with Gasteiger partial charge in [-0.05, 0) is 54.5 Å². The fraction of sp³-hybridized carbons (Fsp3) is 0.400. The summed E-state index contributed by atoms with van der Waals surface area (Å²) in [5.74, 6) is 1.68. The van der Waals surface area contributed by atoms with Crippen LogP contribution in [0.2, 0.25) is 0 Å². The molecule has 0 aliphatic heterocycles. The largest absolute Gasteiger partial charge is 0.369 e. The topological polar surface area (TPSA) is 50.7 Å². The third kappa shape index (κ3) is 3.26. The summed E-state index contributed by atoms with van der Waals surface area (Å²) in [5.41, 5.74) is 3.25. The lowest BCUT2D eigenvalue weighted by atomic mass is 10.1. The van der Waals surface area contributed by atoms with E-state index in [0.717, 1.165) is 51.4 Å². The van der Waals surface area contributed by atoms with Crippen molar-refractivity contribution in [3.05, 3.63) is 33.3 Å². The Hall–Kier alpha value is -1.24. The lowest BCUT2D eigenvalue weighted by Gasteiger charge is -2.12. The number of nitrogens with zero attached hydrogens (tertiary/aromatic N) is 3. The highest BCUT2D eigenvalue weighted by Crippen LogP contribution is 2.26. The van der Waals surface area contributed by atoms with E-state index in [1.54, 1.807) is 6.20 Å². The predicted octanol–water partition coefficient (Wildman–Crippen LogP) is 3.84. The molecule has 0 saturated heterocycles. The van der Waals surface area contributed by atoms with Crippen LogP contribution in [0.1, 0.15) is 31.5 Å². The van der Waals surface area contributed by atoms with Crippen LogP contribution in [-0.2, 0) is 6.42 Å². The number of aryl methyl sites for hydroxylation is 2. The van der Waals surface area contributed by atoms with Gasteiger partial charge in [0.05, 0.1) is 9.26 Å². The molecule has 0 spiro atoms. The van der Waals surface area contributed by atoms with Gasteiger partial charge in [-0.15, -0.1) is 0 Å². The Bertz CT molecular complexity index is 571. The van der Waals surface area contributed by atoms with Crippen LogP contribution in [0, 0.1) is 10.5 Å². The van der Waals surface area contributed by atoms with Gasteiger partial charge in [0, 0.05) is 24.5 Å². The standard InChI is InChI=1S/C15H19IN4/c1-4-6-12-13(16)15(18-5-2)20-14(19-12)11-9-17-8-7-10(11)3/h7-9H,4-6H2,1-3H3,(H,18,19,20). The van der Waals surface area contributed by atoms with E-state index in [1.165, 1.54) is 0 Å². The van der Waals surface area contributed by atoms with Crippen molar-refractivity contribution < 1.29 is 0 Å². The van der Waals surface area contributed by atoms with E-state index >= 15 is 0 Å². The van der Waals surface area contributed by atoms with Crippen molar-refractivity contribution in [2.45, 2.75) is 33.6 Å². The summed E-state index contributed by atoms with van der Waals surface area (Å²) in [7, 11) is 0. The zero-order valence-corrected chi connectivity index (χ0v) is 14.2. The van der Waals surface area contributed by atoms with E-state index in [9.17, 15) is 0 Å². The van der Waals surface area contributed by atoms with Gasteiger partial charge in [-0.1, -0.05) is 13.3 Å². The summed E-state index contributed by atoms with van der Waals surface area (Å²) in [6.45, 7) is 7.15. The molecule has 4 nitrogen and oxygen atoms in total. The van der Waals surface area contributed by atoms with Crippen LogP contribution < -0.4 is 5.32 Å². The van der Waals surface area contributed by atoms with Crippen LogP contribution in [0.25, 0.3) is 11.4 Å². The van der Waals surface area contributed by atoms with Gasteiger partial charge in [-0.25, -0.2) is 9.97 Å². The van der Waals surface area contributed by atoms with E-state index in [4.69, 9.17) is 4.98 Å². The highest BCUT2D eigenvalue weighted by Gasteiger charge is 2.13. The normalized spacial score (nSPS) is 10.6. The Morgan fingerprint density at radius 1 is 1.25 bits per heavy atom. The number of rotatable bonds is 5. The van der Waals surface area contributed by atoms with Crippen molar-refractivity contribution in [3.8, 4) is 11.4 Å². The highest BCUT2D eigenvalue weighted by molar-refractivity contribution is 14.1. The van der Waals surface area contributed by atoms with Crippen molar-refractivity contribution in [3.63, 3.8) is 0 Å². The number of hydrogen-bond acceptors (Lipinski definition) is 4. The minimum atomic E-state index is 0.760. The molecule has 1 N–H and O–H groups in total. The minimum absolute atomic E-state index is 0.760. The number of aromatic nitrogens is 3. The summed E-state index contributed by atoms with van der Waals surface area (Å²) in [6.07, 6.45) is 5.67. The Balaban J connectivity index is 2.56. The molecule has 2 aromatic rings. The van der Waals surface area contributed by atoms with Gasteiger partial charge >= 0.3 is 0 Å². The number of anilines is 1. The third-order valence-corrected chi connectivity index (χ3v) is 4.16. The molecule has 2 rings (SSSR count). The van der Waals surface area contributed by atoms with Gasteiger partial charge in [0.15, 0.2) is 5.82 Å². The van der Waals surface area contributed by atoms with E-state index in [-0.39, 0.29) is 0 Å². The fourth-order valence-electron chi connectivity index (χ4n) is 2.00. The molecule has 2 aromatic heterocycles. The maximum Gasteiger partial charge on any atom is 0.163 e. The molecule has 0 bridgehead atoms. The van der Waals surface area contributed by atoms with Crippen LogP contribution in [0.5, 0.6) is 0 Å². The number of nitrogens with one attached hydrogen (secondary N) is 1. The molecular formula is C15H19IN4. The zero-order valence-electron chi connectivity index (χ0n) is 12.1. The number of pyridine rings is 1. The predicted molar refractivity (Wildman–Crippen MR) is 90.9 cm³/mol. The molecule has 0 radical (unpaired) electrons. The molecule has 0 saturated carbocycles. The Kier molecular flexibility index (Phi) is 5.28. The molecule has 0 amide bonds. The van der Waals surface area contributed by atoms with Gasteiger partial charge in [0.2, 0.25) is 0 Å². The third-order valence-electron chi connectivity index (χ3n) is 3.03. The molecule has 0 atom stereocenters. The lowest BCUT2D eigenvalue weighted by Crippen LogP contribution is -2.08. The van der Waals surface area contributed by atoms with Crippen molar-refractivity contribution in [2.24, 2.45) is 0 Å². The second-order valence-corrected chi connectivity index (χ2v) is 5.71. The van der Waals surface area contributed by atoms with Crippen molar-refractivity contribution in [1.82, 2.24) is 15.0 Å². The number of hydrogen-bond donors (Lipinski definition) is 1. The molecule has 5 heteroatoms. The molecule has 20 heavy (non-hydrogen) atoms. The SMILES string of the molecule is CCCc1nc(-c2cnccc2C)nc(NCC)c1I. The first-order valence-electron chi connectivity index (χ1n) is 6.88. The molecule has 0 aliphatic rings. The van der Waals surface area contributed by atoms with Gasteiger partial charge < -0.3 is 5.32 Å². The van der Waals surface area contributed by atoms with Gasteiger partial charge in [-0.3, -0.25) is 4.98 Å². The summed E-state index contributed by atoms with van der Waals surface area (Å²) in [5, 5.41) is 3.33. The fourth-order valence-corrected chi connectivity index (χ4v) is 2.70. The van der Waals surface area contributed by atoms with Gasteiger partial charge in [-0.2, -0.15) is 0 Å². The molecule has 0 aliphatic carbocycles. The summed E-state index contributed by atoms with van der Waals surface area (Å²) < 4.78 is 1.12. The summed E-state index contributed by atoms with van der Waals surface area (Å²) >= 11 is 2.33. The molecule has 0 unspecified atom stereocenters. The second-order valence-electron chi connectivity index (χ2n) is 4.63. The Morgan fingerprint density at radius 2 is 2.05 bits per heavy atom. The van der Waals surface area contributed by atoms with Crippen LogP contribution in [0.3, 0.4) is 0 Å². The maximum absolute atomic E-state index is 4.74. The van der Waals surface area contributed by atoms with Crippen LogP contribution in [-0.4, -0.2) is 21.5 Å². The minimum Gasteiger partial charge on any atom is -0.369 e. The highest BCUT2D eigenvalue weighted by atomic mass is 127. The Labute approximate surface area is 133 Å². The average Bonchev–Trinajstić information content (AvgIpc) is 2.44. The average molecular weight is 382 g/mol.